The van der Waals surface area contributed by atoms with Crippen LogP contribution in [0.25, 0.3) is 11.4 Å². The van der Waals surface area contributed by atoms with Gasteiger partial charge in [-0.15, -0.1) is 0 Å². The zero-order valence-corrected chi connectivity index (χ0v) is 17.4. The van der Waals surface area contributed by atoms with E-state index in [1.165, 1.54) is 17.7 Å². The maximum absolute atomic E-state index is 13.3. The smallest absolute Gasteiger partial charge is 0.244 e. The molecule has 158 valence electrons. The Hall–Kier alpha value is -3.52. The fraction of sp³-hybridized carbons (Fsp3) is 0.261. The van der Waals surface area contributed by atoms with Crippen LogP contribution in [0.2, 0.25) is 0 Å². The van der Waals surface area contributed by atoms with E-state index in [4.69, 9.17) is 4.52 Å². The number of anilines is 1. The van der Waals surface area contributed by atoms with Crippen LogP contribution < -0.4 is 4.90 Å². The molecule has 3 heterocycles. The van der Waals surface area contributed by atoms with Crippen LogP contribution in [0, 0.1) is 5.82 Å². The number of aromatic nitrogens is 4. The molecule has 0 amide bonds. The maximum atomic E-state index is 13.3. The van der Waals surface area contributed by atoms with Crippen LogP contribution in [0.3, 0.4) is 0 Å². The topological polar surface area (TPSA) is 74.1 Å². The van der Waals surface area contributed by atoms with Crippen molar-refractivity contribution in [2.75, 3.05) is 19.0 Å². The molecule has 5 rings (SSSR count). The molecule has 2 aromatic carbocycles. The molecule has 0 unspecified atom stereocenters. The van der Waals surface area contributed by atoms with Crippen LogP contribution in [-0.4, -0.2) is 39.1 Å². The quantitative estimate of drug-likeness (QED) is 0.529. The lowest BCUT2D eigenvalue weighted by Crippen LogP contribution is -2.34. The van der Waals surface area contributed by atoms with Gasteiger partial charge in [0.1, 0.15) is 5.82 Å². The van der Waals surface area contributed by atoms with Crippen LogP contribution in [0.5, 0.6) is 0 Å². The van der Waals surface area contributed by atoms with Crippen molar-refractivity contribution in [1.29, 1.82) is 0 Å². The van der Waals surface area contributed by atoms with Gasteiger partial charge in [-0.1, -0.05) is 17.3 Å². The van der Waals surface area contributed by atoms with E-state index in [-0.39, 0.29) is 11.9 Å². The monoisotopic (exact) mass is 418 g/mol. The number of nitrogens with zero attached hydrogens (tertiary/aromatic N) is 5. The van der Waals surface area contributed by atoms with Gasteiger partial charge in [0.15, 0.2) is 0 Å². The number of hydrogen-bond donors (Lipinski definition) is 1. The fourth-order valence-corrected chi connectivity index (χ4v) is 3.92. The summed E-state index contributed by atoms with van der Waals surface area (Å²) in [4.78, 5) is 16.7. The molecule has 0 bridgehead atoms. The Morgan fingerprint density at radius 3 is 2.65 bits per heavy atom. The number of imidazole rings is 1. The predicted molar refractivity (Wildman–Crippen MR) is 115 cm³/mol. The summed E-state index contributed by atoms with van der Waals surface area (Å²) in [7, 11) is 4.06. The molecule has 0 radical (unpaired) electrons. The number of fused-ring (bicyclic) bond motifs is 1. The second kappa shape index (κ2) is 7.96. The number of H-pyrrole nitrogens is 1. The fourth-order valence-electron chi connectivity index (χ4n) is 3.92. The van der Waals surface area contributed by atoms with Gasteiger partial charge in [0, 0.05) is 44.9 Å². The molecule has 0 fully saturated rings. The summed E-state index contributed by atoms with van der Waals surface area (Å²) < 4.78 is 18.9. The number of aromatic amines is 1. The van der Waals surface area contributed by atoms with Crippen LogP contribution in [0.15, 0.2) is 59.4 Å². The van der Waals surface area contributed by atoms with E-state index < -0.39 is 0 Å². The standard InChI is InChI=1S/C23H23FN6O/c1-29(2)18-9-3-15(4-10-18)12-30-13-20-19(25-14-26-20)11-21(30)23-27-22(28-31-23)16-5-7-17(24)8-6-16/h3-10,14,21H,11-13H2,1-2H3,(H,25,26)/t21-/m0/s1. The molecule has 8 heteroatoms. The lowest BCUT2D eigenvalue weighted by atomic mass is 10.0. The summed E-state index contributed by atoms with van der Waals surface area (Å²) in [6.45, 7) is 1.45. The number of rotatable bonds is 5. The molecule has 0 aliphatic carbocycles. The summed E-state index contributed by atoms with van der Waals surface area (Å²) in [5.41, 5.74) is 5.22. The van der Waals surface area contributed by atoms with Crippen LogP contribution >= 0.6 is 0 Å². The van der Waals surface area contributed by atoms with Gasteiger partial charge in [0.05, 0.1) is 23.8 Å². The number of halogens is 1. The molecule has 7 nitrogen and oxygen atoms in total. The summed E-state index contributed by atoms with van der Waals surface area (Å²) in [5, 5.41) is 4.14. The molecule has 0 saturated carbocycles. The molecule has 1 aliphatic rings. The van der Waals surface area contributed by atoms with E-state index in [2.05, 4.69) is 54.2 Å². The first-order valence-corrected chi connectivity index (χ1v) is 10.2. The Bertz CT molecular complexity index is 1170. The Labute approximate surface area is 179 Å². The van der Waals surface area contributed by atoms with Crippen molar-refractivity contribution in [2.45, 2.75) is 25.6 Å². The van der Waals surface area contributed by atoms with Gasteiger partial charge in [-0.3, -0.25) is 4.90 Å². The van der Waals surface area contributed by atoms with Crippen molar-refractivity contribution in [2.24, 2.45) is 0 Å². The molecule has 31 heavy (non-hydrogen) atoms. The van der Waals surface area contributed by atoms with Gasteiger partial charge in [-0.05, 0) is 42.0 Å². The van der Waals surface area contributed by atoms with E-state index in [0.717, 1.165) is 29.2 Å². The van der Waals surface area contributed by atoms with Crippen molar-refractivity contribution in [3.8, 4) is 11.4 Å². The van der Waals surface area contributed by atoms with Crippen molar-refractivity contribution in [3.63, 3.8) is 0 Å². The highest BCUT2D eigenvalue weighted by Gasteiger charge is 2.33. The number of nitrogens with one attached hydrogen (secondary N) is 1. The molecular formula is C23H23FN6O. The van der Waals surface area contributed by atoms with Crippen LogP contribution in [0.1, 0.15) is 28.9 Å². The summed E-state index contributed by atoms with van der Waals surface area (Å²) >= 11 is 0. The lowest BCUT2D eigenvalue weighted by Gasteiger charge is -2.32. The molecule has 2 aromatic heterocycles. The third-order valence-electron chi connectivity index (χ3n) is 5.66. The minimum atomic E-state index is -0.294. The molecule has 0 saturated heterocycles. The third-order valence-corrected chi connectivity index (χ3v) is 5.66. The second-order valence-electron chi connectivity index (χ2n) is 7.98. The van der Waals surface area contributed by atoms with E-state index in [1.54, 1.807) is 18.5 Å². The summed E-state index contributed by atoms with van der Waals surface area (Å²) in [6.07, 6.45) is 2.41. The van der Waals surface area contributed by atoms with Gasteiger partial charge in [-0.25, -0.2) is 9.37 Å². The molecule has 0 spiro atoms. The van der Waals surface area contributed by atoms with Gasteiger partial charge in [-0.2, -0.15) is 4.98 Å². The highest BCUT2D eigenvalue weighted by atomic mass is 19.1. The van der Waals surface area contributed by atoms with E-state index in [1.807, 2.05) is 14.1 Å². The Morgan fingerprint density at radius 2 is 1.90 bits per heavy atom. The van der Waals surface area contributed by atoms with Crippen LogP contribution in [-0.2, 0) is 19.5 Å². The molecular weight excluding hydrogens is 395 g/mol. The molecule has 1 atom stereocenters. The van der Waals surface area contributed by atoms with Crippen molar-refractivity contribution >= 4 is 5.69 Å². The van der Waals surface area contributed by atoms with Crippen molar-refractivity contribution < 1.29 is 8.91 Å². The first-order valence-electron chi connectivity index (χ1n) is 10.2. The van der Waals surface area contributed by atoms with Crippen molar-refractivity contribution in [1.82, 2.24) is 25.0 Å². The minimum absolute atomic E-state index is 0.0916. The van der Waals surface area contributed by atoms with E-state index in [0.29, 0.717) is 24.7 Å². The number of hydrogen-bond acceptors (Lipinski definition) is 6. The maximum Gasteiger partial charge on any atom is 0.244 e. The average molecular weight is 418 g/mol. The molecule has 1 aliphatic heterocycles. The average Bonchev–Trinajstić information content (AvgIpc) is 3.43. The van der Waals surface area contributed by atoms with Gasteiger partial charge in [0.2, 0.25) is 11.7 Å². The highest BCUT2D eigenvalue weighted by Crippen LogP contribution is 2.33. The zero-order chi connectivity index (χ0) is 21.4. The second-order valence-corrected chi connectivity index (χ2v) is 7.98. The molecule has 4 aromatic rings. The Morgan fingerprint density at radius 1 is 1.13 bits per heavy atom. The van der Waals surface area contributed by atoms with E-state index >= 15 is 0 Å². The summed E-state index contributed by atoms with van der Waals surface area (Å²) in [6, 6.07) is 14.5. The van der Waals surface area contributed by atoms with Gasteiger partial charge in [0.25, 0.3) is 0 Å². The van der Waals surface area contributed by atoms with Crippen molar-refractivity contribution in [3.05, 3.63) is 83.5 Å². The largest absolute Gasteiger partial charge is 0.378 e. The highest BCUT2D eigenvalue weighted by molar-refractivity contribution is 5.53. The zero-order valence-electron chi connectivity index (χ0n) is 17.4. The predicted octanol–water partition coefficient (Wildman–Crippen LogP) is 3.96. The minimum Gasteiger partial charge on any atom is -0.378 e. The van der Waals surface area contributed by atoms with Gasteiger partial charge < -0.3 is 14.4 Å². The SMILES string of the molecule is CN(C)c1ccc(CN2Cc3[nH]cnc3C[C@H]2c2nc(-c3ccc(F)cc3)no2)cc1. The first-order chi connectivity index (χ1) is 15.1. The van der Waals surface area contributed by atoms with Gasteiger partial charge >= 0.3 is 0 Å². The summed E-state index contributed by atoms with van der Waals surface area (Å²) in [5.74, 6) is 0.702. The first kappa shape index (κ1) is 19.4. The number of benzene rings is 2. The van der Waals surface area contributed by atoms with Crippen LogP contribution in [0.4, 0.5) is 10.1 Å². The normalized spacial score (nSPS) is 16.3. The van der Waals surface area contributed by atoms with E-state index in [9.17, 15) is 4.39 Å². The third kappa shape index (κ3) is 3.94. The molecule has 1 N–H and O–H groups in total. The Balaban J connectivity index is 1.43. The lowest BCUT2D eigenvalue weighted by molar-refractivity contribution is 0.128. The Kier molecular flexibility index (Phi) is 4.99.